The summed E-state index contributed by atoms with van der Waals surface area (Å²) in [7, 11) is 2.17. The molecule has 16 heavy (non-hydrogen) atoms. The molecule has 4 heteroatoms. The number of aromatic nitrogens is 2. The average molecular weight is 220 g/mol. The van der Waals surface area contributed by atoms with Gasteiger partial charge in [-0.05, 0) is 19.9 Å². The molecule has 0 spiro atoms. The van der Waals surface area contributed by atoms with E-state index in [9.17, 15) is 0 Å². The van der Waals surface area contributed by atoms with Gasteiger partial charge in [0.15, 0.2) is 0 Å². The lowest BCUT2D eigenvalue weighted by molar-refractivity contribution is 0.259. The highest BCUT2D eigenvalue weighted by Crippen LogP contribution is 2.37. The molecule has 3 rings (SSSR count). The Morgan fingerprint density at radius 2 is 2.19 bits per heavy atom. The van der Waals surface area contributed by atoms with Crippen molar-refractivity contribution in [3.8, 4) is 0 Å². The summed E-state index contributed by atoms with van der Waals surface area (Å²) >= 11 is 0. The van der Waals surface area contributed by atoms with Gasteiger partial charge in [0.25, 0.3) is 0 Å². The molecule has 1 fully saturated rings. The zero-order chi connectivity index (χ0) is 11.1. The molecule has 2 aliphatic rings. The highest BCUT2D eigenvalue weighted by molar-refractivity contribution is 5.22. The Labute approximate surface area is 96.4 Å². The van der Waals surface area contributed by atoms with Crippen molar-refractivity contribution in [2.75, 3.05) is 13.6 Å². The van der Waals surface area contributed by atoms with Gasteiger partial charge in [0, 0.05) is 32.1 Å². The van der Waals surface area contributed by atoms with Gasteiger partial charge in [-0.15, -0.1) is 0 Å². The van der Waals surface area contributed by atoms with Crippen LogP contribution in [0.3, 0.4) is 0 Å². The van der Waals surface area contributed by atoms with Crippen molar-refractivity contribution in [2.45, 2.75) is 44.8 Å². The topological polar surface area (TPSA) is 47.1 Å². The summed E-state index contributed by atoms with van der Waals surface area (Å²) in [4.78, 5) is 7.13. The third-order valence-corrected chi connectivity index (χ3v) is 3.97. The number of imidazole rings is 1. The molecule has 0 atom stereocenters. The third-order valence-electron chi connectivity index (χ3n) is 3.97. The molecule has 1 aromatic rings. The van der Waals surface area contributed by atoms with Crippen molar-refractivity contribution in [1.29, 1.82) is 0 Å². The van der Waals surface area contributed by atoms with E-state index in [1.165, 1.54) is 30.8 Å². The van der Waals surface area contributed by atoms with Crippen LogP contribution in [0.2, 0.25) is 0 Å². The Kier molecular flexibility index (Phi) is 2.48. The number of nitrogens with zero attached hydrogens (tertiary/aromatic N) is 3. The van der Waals surface area contributed by atoms with Crippen molar-refractivity contribution in [3.05, 3.63) is 17.2 Å². The molecule has 0 aromatic carbocycles. The van der Waals surface area contributed by atoms with Crippen LogP contribution in [0.15, 0.2) is 0 Å². The van der Waals surface area contributed by atoms with Gasteiger partial charge in [-0.1, -0.05) is 6.42 Å². The number of hydrogen-bond donors (Lipinski definition) is 1. The van der Waals surface area contributed by atoms with Crippen LogP contribution in [0.5, 0.6) is 0 Å². The first kappa shape index (κ1) is 10.3. The van der Waals surface area contributed by atoms with Crippen LogP contribution in [-0.4, -0.2) is 28.0 Å². The van der Waals surface area contributed by atoms with Gasteiger partial charge >= 0.3 is 0 Å². The van der Waals surface area contributed by atoms with Crippen molar-refractivity contribution in [2.24, 2.45) is 5.73 Å². The largest absolute Gasteiger partial charge is 0.329 e. The fourth-order valence-corrected chi connectivity index (χ4v) is 2.73. The second-order valence-electron chi connectivity index (χ2n) is 5.08. The van der Waals surface area contributed by atoms with Gasteiger partial charge in [-0.2, -0.15) is 0 Å². The summed E-state index contributed by atoms with van der Waals surface area (Å²) in [5.41, 5.74) is 8.28. The molecular formula is C12H20N4. The molecule has 2 N–H and O–H groups in total. The predicted molar refractivity (Wildman–Crippen MR) is 63.0 cm³/mol. The van der Waals surface area contributed by atoms with Crippen LogP contribution >= 0.6 is 0 Å². The first-order chi connectivity index (χ1) is 7.79. The van der Waals surface area contributed by atoms with E-state index < -0.39 is 0 Å². The maximum Gasteiger partial charge on any atom is 0.112 e. The Hall–Kier alpha value is -0.870. The quantitative estimate of drug-likeness (QED) is 0.810. The smallest absolute Gasteiger partial charge is 0.112 e. The molecule has 0 amide bonds. The summed E-state index contributed by atoms with van der Waals surface area (Å²) in [6, 6.07) is 0. The monoisotopic (exact) mass is 220 g/mol. The van der Waals surface area contributed by atoms with Gasteiger partial charge < -0.3 is 10.3 Å². The number of rotatable bonds is 2. The molecule has 2 heterocycles. The van der Waals surface area contributed by atoms with E-state index in [0.29, 0.717) is 12.5 Å². The van der Waals surface area contributed by atoms with E-state index in [4.69, 9.17) is 10.7 Å². The average Bonchev–Trinajstić information content (AvgIpc) is 2.54. The molecule has 0 unspecified atom stereocenters. The van der Waals surface area contributed by atoms with Crippen molar-refractivity contribution in [3.63, 3.8) is 0 Å². The van der Waals surface area contributed by atoms with Crippen molar-refractivity contribution in [1.82, 2.24) is 14.5 Å². The lowest BCUT2D eigenvalue weighted by Gasteiger charge is -2.30. The number of nitrogens with two attached hydrogens (primary N) is 1. The lowest BCUT2D eigenvalue weighted by Crippen LogP contribution is -2.32. The fraction of sp³-hybridized carbons (Fsp3) is 0.750. The molecule has 0 radical (unpaired) electrons. The van der Waals surface area contributed by atoms with Gasteiger partial charge in [-0.25, -0.2) is 4.98 Å². The molecule has 1 aliphatic heterocycles. The van der Waals surface area contributed by atoms with Crippen molar-refractivity contribution >= 4 is 0 Å². The van der Waals surface area contributed by atoms with Crippen LogP contribution in [-0.2, 0) is 19.6 Å². The second kappa shape index (κ2) is 3.86. The normalized spacial score (nSPS) is 21.9. The van der Waals surface area contributed by atoms with E-state index in [1.807, 2.05) is 0 Å². The number of fused-ring (bicyclic) bond motifs is 1. The van der Waals surface area contributed by atoms with Crippen LogP contribution in [0, 0.1) is 0 Å². The zero-order valence-corrected chi connectivity index (χ0v) is 9.95. The summed E-state index contributed by atoms with van der Waals surface area (Å²) in [5, 5.41) is 0. The minimum Gasteiger partial charge on any atom is -0.329 e. The maximum absolute atomic E-state index is 5.80. The van der Waals surface area contributed by atoms with Crippen LogP contribution in [0.4, 0.5) is 0 Å². The Morgan fingerprint density at radius 3 is 2.81 bits per heavy atom. The molecule has 1 saturated carbocycles. The number of likely N-dealkylation sites (N-methyl/N-ethyl adjacent to an activating group) is 1. The van der Waals surface area contributed by atoms with Gasteiger partial charge in [-0.3, -0.25) is 4.90 Å². The highest BCUT2D eigenvalue weighted by atomic mass is 15.2. The first-order valence-corrected chi connectivity index (χ1v) is 6.26. The fourth-order valence-electron chi connectivity index (χ4n) is 2.73. The van der Waals surface area contributed by atoms with E-state index in [0.717, 1.165) is 25.3 Å². The summed E-state index contributed by atoms with van der Waals surface area (Å²) in [6.07, 6.45) is 4.00. The standard InChI is InChI=1S/C12H20N4/c1-15-5-6-16-11(8-15)10(7-13)14-12(16)9-3-2-4-9/h9H,2-8,13H2,1H3. The van der Waals surface area contributed by atoms with Crippen LogP contribution < -0.4 is 5.73 Å². The number of hydrogen-bond acceptors (Lipinski definition) is 3. The van der Waals surface area contributed by atoms with E-state index in [-0.39, 0.29) is 0 Å². The highest BCUT2D eigenvalue weighted by Gasteiger charge is 2.29. The molecular weight excluding hydrogens is 200 g/mol. The Balaban J connectivity index is 2.00. The Morgan fingerprint density at radius 1 is 1.38 bits per heavy atom. The zero-order valence-electron chi connectivity index (χ0n) is 9.95. The van der Waals surface area contributed by atoms with Gasteiger partial charge in [0.1, 0.15) is 5.82 Å². The maximum atomic E-state index is 5.80. The minimum absolute atomic E-state index is 0.579. The van der Waals surface area contributed by atoms with Crippen molar-refractivity contribution < 1.29 is 0 Å². The Bertz CT molecular complexity index is 392. The van der Waals surface area contributed by atoms with E-state index in [2.05, 4.69) is 16.5 Å². The summed E-state index contributed by atoms with van der Waals surface area (Å²) in [6.45, 7) is 3.81. The molecule has 1 aliphatic carbocycles. The molecule has 88 valence electrons. The van der Waals surface area contributed by atoms with Crippen LogP contribution in [0.1, 0.15) is 42.4 Å². The minimum atomic E-state index is 0.579. The molecule has 4 nitrogen and oxygen atoms in total. The van der Waals surface area contributed by atoms with Gasteiger partial charge in [0.2, 0.25) is 0 Å². The predicted octanol–water partition coefficient (Wildman–Crippen LogP) is 1.05. The van der Waals surface area contributed by atoms with E-state index in [1.54, 1.807) is 0 Å². The van der Waals surface area contributed by atoms with E-state index >= 15 is 0 Å². The third kappa shape index (κ3) is 1.48. The molecule has 0 saturated heterocycles. The van der Waals surface area contributed by atoms with Gasteiger partial charge in [0.05, 0.1) is 11.4 Å². The first-order valence-electron chi connectivity index (χ1n) is 6.26. The summed E-state index contributed by atoms with van der Waals surface area (Å²) in [5.74, 6) is 2.03. The summed E-state index contributed by atoms with van der Waals surface area (Å²) < 4.78 is 2.44. The SMILES string of the molecule is CN1CCn2c(C3CCC3)nc(CN)c2C1. The molecule has 1 aromatic heterocycles. The van der Waals surface area contributed by atoms with Crippen LogP contribution in [0.25, 0.3) is 0 Å². The lowest BCUT2D eigenvalue weighted by atomic mass is 9.85. The second-order valence-corrected chi connectivity index (χ2v) is 5.08. The molecule has 0 bridgehead atoms.